The molecule has 2 aromatic rings. The molecule has 1 heterocycles. The van der Waals surface area contributed by atoms with Crippen molar-refractivity contribution in [2.75, 3.05) is 0 Å². The van der Waals surface area contributed by atoms with Gasteiger partial charge in [0.05, 0.1) is 5.02 Å². The van der Waals surface area contributed by atoms with E-state index in [0.29, 0.717) is 5.39 Å². The van der Waals surface area contributed by atoms with Gasteiger partial charge in [0.25, 0.3) is 0 Å². The third kappa shape index (κ3) is 1.50. The molecule has 0 saturated heterocycles. The van der Waals surface area contributed by atoms with E-state index in [1.165, 1.54) is 12.1 Å². The molecule has 0 atom stereocenters. The Kier molecular flexibility index (Phi) is 2.22. The quantitative estimate of drug-likeness (QED) is 0.694. The number of fused-ring (bicyclic) bond motifs is 1. The molecule has 0 bridgehead atoms. The van der Waals surface area contributed by atoms with Crippen LogP contribution in [0.3, 0.4) is 0 Å². The summed E-state index contributed by atoms with van der Waals surface area (Å²) >= 11 is 5.53. The largest absolute Gasteiger partial charge is 0.526 e. The predicted octanol–water partition coefficient (Wildman–Crippen LogP) is 0.905. The van der Waals surface area contributed by atoms with Crippen LogP contribution in [0.15, 0.2) is 22.6 Å². The summed E-state index contributed by atoms with van der Waals surface area (Å²) in [6, 6.07) is 3.86. The van der Waals surface area contributed by atoms with E-state index in [1.807, 2.05) is 0 Å². The van der Waals surface area contributed by atoms with Gasteiger partial charge in [-0.3, -0.25) is 0 Å². The van der Waals surface area contributed by atoms with E-state index >= 15 is 0 Å². The summed E-state index contributed by atoms with van der Waals surface area (Å²) < 4.78 is 17.9. The molecule has 1 aromatic heterocycles. The van der Waals surface area contributed by atoms with Gasteiger partial charge in [-0.15, -0.1) is 0 Å². The maximum atomic E-state index is 12.9. The van der Waals surface area contributed by atoms with Gasteiger partial charge in [0.15, 0.2) is 0 Å². The summed E-state index contributed by atoms with van der Waals surface area (Å²) in [5.74, 6) is -0.604. The van der Waals surface area contributed by atoms with Gasteiger partial charge in [-0.05, 0) is 12.1 Å². The minimum Gasteiger partial charge on any atom is -0.465 e. The number of rotatable bonds is 1. The first-order valence-corrected chi connectivity index (χ1v) is 4.20. The second-order valence-electron chi connectivity index (χ2n) is 2.83. The van der Waals surface area contributed by atoms with E-state index < -0.39 is 12.9 Å². The molecule has 0 radical (unpaired) electrons. The van der Waals surface area contributed by atoms with Gasteiger partial charge in [0, 0.05) is 11.5 Å². The van der Waals surface area contributed by atoms with E-state index in [4.69, 9.17) is 26.1 Å². The van der Waals surface area contributed by atoms with E-state index in [9.17, 15) is 4.39 Å². The van der Waals surface area contributed by atoms with Crippen molar-refractivity contribution in [1.82, 2.24) is 0 Å². The normalized spacial score (nSPS) is 10.9. The van der Waals surface area contributed by atoms with Crippen molar-refractivity contribution in [2.45, 2.75) is 0 Å². The monoisotopic (exact) mass is 214 g/mol. The lowest BCUT2D eigenvalue weighted by Crippen LogP contribution is -2.27. The highest BCUT2D eigenvalue weighted by Crippen LogP contribution is 2.22. The molecule has 0 saturated carbocycles. The molecule has 6 heteroatoms. The first kappa shape index (κ1) is 9.52. The number of hydrogen-bond acceptors (Lipinski definition) is 3. The number of halogens is 2. The Morgan fingerprint density at radius 3 is 2.64 bits per heavy atom. The van der Waals surface area contributed by atoms with Crippen molar-refractivity contribution in [3.8, 4) is 0 Å². The molecule has 3 nitrogen and oxygen atoms in total. The minimum atomic E-state index is -1.70. The molecule has 0 amide bonds. The van der Waals surface area contributed by atoms with Crippen LogP contribution in [0.1, 0.15) is 0 Å². The average Bonchev–Trinajstić information content (AvgIpc) is 2.48. The van der Waals surface area contributed by atoms with Gasteiger partial charge >= 0.3 is 7.12 Å². The summed E-state index contributed by atoms with van der Waals surface area (Å²) in [6.45, 7) is 0. The summed E-state index contributed by atoms with van der Waals surface area (Å²) in [7, 11) is -1.70. The summed E-state index contributed by atoms with van der Waals surface area (Å²) in [6.07, 6.45) is 0. The molecule has 2 rings (SSSR count). The van der Waals surface area contributed by atoms with Gasteiger partial charge in [-0.25, -0.2) is 4.39 Å². The van der Waals surface area contributed by atoms with Crippen LogP contribution in [0.2, 0.25) is 5.02 Å². The number of hydrogen-bond donors (Lipinski definition) is 2. The van der Waals surface area contributed by atoms with Crippen LogP contribution in [0, 0.1) is 5.82 Å². The molecule has 0 aliphatic heterocycles. The van der Waals surface area contributed by atoms with Crippen LogP contribution in [-0.2, 0) is 0 Å². The van der Waals surface area contributed by atoms with Gasteiger partial charge in [-0.2, -0.15) is 0 Å². The first-order chi connectivity index (χ1) is 6.58. The zero-order chi connectivity index (χ0) is 10.3. The zero-order valence-corrected chi connectivity index (χ0v) is 7.62. The van der Waals surface area contributed by atoms with Crippen molar-refractivity contribution in [1.29, 1.82) is 0 Å². The Morgan fingerprint density at radius 1 is 1.29 bits per heavy atom. The summed E-state index contributed by atoms with van der Waals surface area (Å²) in [5.41, 5.74) is 0.191. The Bertz CT molecular complexity index is 444. The molecular formula is C8H5BClFO3. The highest BCUT2D eigenvalue weighted by molar-refractivity contribution is 6.57. The van der Waals surface area contributed by atoms with Crippen molar-refractivity contribution in [2.24, 2.45) is 0 Å². The Balaban J connectivity index is 2.66. The summed E-state index contributed by atoms with van der Waals surface area (Å²) in [5, 5.41) is 18.1. The van der Waals surface area contributed by atoms with E-state index in [0.717, 1.165) is 6.07 Å². The minimum absolute atomic E-state index is 0.0303. The van der Waals surface area contributed by atoms with Crippen LogP contribution in [0.5, 0.6) is 0 Å². The van der Waals surface area contributed by atoms with E-state index in [1.54, 1.807) is 0 Å². The zero-order valence-electron chi connectivity index (χ0n) is 6.87. The lowest BCUT2D eigenvalue weighted by Gasteiger charge is -1.92. The van der Waals surface area contributed by atoms with Crippen LogP contribution in [-0.4, -0.2) is 17.2 Å². The second-order valence-corrected chi connectivity index (χ2v) is 3.23. The van der Waals surface area contributed by atoms with Crippen molar-refractivity contribution in [3.05, 3.63) is 29.0 Å². The standard InChI is InChI=1S/C8H5BClFO3/c10-5-1-4-2-8(9(12)13)14-7(4)3-6(5)11/h1-3,12-13H. The van der Waals surface area contributed by atoms with Gasteiger partial charge in [0.2, 0.25) is 0 Å². The maximum Gasteiger partial charge on any atom is 0.526 e. The van der Waals surface area contributed by atoms with Gasteiger partial charge < -0.3 is 14.5 Å². The SMILES string of the molecule is OB(O)c1cc2cc(Cl)c(F)cc2o1. The molecule has 72 valence electrons. The second kappa shape index (κ2) is 3.27. The third-order valence-corrected chi connectivity index (χ3v) is 2.12. The van der Waals surface area contributed by atoms with Crippen LogP contribution < -0.4 is 5.66 Å². The number of furan rings is 1. The summed E-state index contributed by atoms with van der Waals surface area (Å²) in [4.78, 5) is 0. The van der Waals surface area contributed by atoms with Gasteiger partial charge in [-0.1, -0.05) is 11.6 Å². The lowest BCUT2D eigenvalue weighted by atomic mass is 9.88. The molecule has 0 aliphatic carbocycles. The maximum absolute atomic E-state index is 12.9. The molecule has 0 unspecified atom stereocenters. The molecule has 1 aromatic carbocycles. The fraction of sp³-hybridized carbons (Fsp3) is 0. The van der Waals surface area contributed by atoms with Crippen molar-refractivity contribution >= 4 is 35.3 Å². The smallest absolute Gasteiger partial charge is 0.465 e. The first-order valence-electron chi connectivity index (χ1n) is 3.82. The topological polar surface area (TPSA) is 53.6 Å². The van der Waals surface area contributed by atoms with Crippen LogP contribution in [0.25, 0.3) is 11.0 Å². The fourth-order valence-corrected chi connectivity index (χ4v) is 1.35. The Labute approximate surface area is 83.9 Å². The van der Waals surface area contributed by atoms with Crippen molar-refractivity contribution < 1.29 is 18.9 Å². The predicted molar refractivity (Wildman–Crippen MR) is 51.0 cm³/mol. The van der Waals surface area contributed by atoms with Crippen LogP contribution >= 0.6 is 11.6 Å². The Morgan fingerprint density at radius 2 is 2.00 bits per heavy atom. The van der Waals surface area contributed by atoms with Crippen molar-refractivity contribution in [3.63, 3.8) is 0 Å². The lowest BCUT2D eigenvalue weighted by molar-refractivity contribution is 0.412. The molecule has 0 spiro atoms. The average molecular weight is 214 g/mol. The fourth-order valence-electron chi connectivity index (χ4n) is 1.18. The molecule has 0 aliphatic rings. The highest BCUT2D eigenvalue weighted by atomic mass is 35.5. The van der Waals surface area contributed by atoms with E-state index in [2.05, 4.69) is 0 Å². The van der Waals surface area contributed by atoms with Crippen LogP contribution in [0.4, 0.5) is 4.39 Å². The molecule has 0 fully saturated rings. The third-order valence-electron chi connectivity index (χ3n) is 1.83. The number of benzene rings is 1. The van der Waals surface area contributed by atoms with Gasteiger partial charge in [0.1, 0.15) is 17.1 Å². The molecule has 2 N–H and O–H groups in total. The van der Waals surface area contributed by atoms with E-state index in [-0.39, 0.29) is 16.3 Å². The highest BCUT2D eigenvalue weighted by Gasteiger charge is 2.17. The Hall–Kier alpha value is -1.04. The molecular weight excluding hydrogens is 209 g/mol. The molecule has 14 heavy (non-hydrogen) atoms.